The molecule has 0 radical (unpaired) electrons. The Hall–Kier alpha value is -0.610. The van der Waals surface area contributed by atoms with Crippen molar-refractivity contribution in [1.82, 2.24) is 5.32 Å². The molecule has 0 heterocycles. The number of aliphatic hydroxyl groups excluding tert-OH is 1. The number of hydrogen-bond acceptors (Lipinski definition) is 4. The van der Waals surface area contributed by atoms with Gasteiger partial charge in [0, 0.05) is 13.1 Å². The first-order chi connectivity index (χ1) is 7.06. The van der Waals surface area contributed by atoms with Crippen molar-refractivity contribution < 1.29 is 14.6 Å². The quantitative estimate of drug-likeness (QED) is 0.469. The van der Waals surface area contributed by atoms with E-state index in [2.05, 4.69) is 19.2 Å². The second-order valence-corrected chi connectivity index (χ2v) is 4.04. The van der Waals surface area contributed by atoms with Gasteiger partial charge >= 0.3 is 5.97 Å². The van der Waals surface area contributed by atoms with Gasteiger partial charge < -0.3 is 15.2 Å². The third-order valence-electron chi connectivity index (χ3n) is 1.93. The van der Waals surface area contributed by atoms with Crippen molar-refractivity contribution in [1.29, 1.82) is 0 Å². The molecule has 4 nitrogen and oxygen atoms in total. The molecule has 1 unspecified atom stereocenters. The Balaban J connectivity index is 3.34. The zero-order valence-electron chi connectivity index (χ0n) is 9.95. The summed E-state index contributed by atoms with van der Waals surface area (Å²) in [4.78, 5) is 10.9. The van der Waals surface area contributed by atoms with Crippen LogP contribution in [-0.2, 0) is 9.53 Å². The molecule has 0 fully saturated rings. The van der Waals surface area contributed by atoms with Crippen LogP contribution >= 0.6 is 0 Å². The Labute approximate surface area is 92.0 Å². The molecule has 0 aliphatic carbocycles. The molecule has 0 aromatic carbocycles. The largest absolute Gasteiger partial charge is 0.466 e. The number of ether oxygens (including phenoxy) is 1. The summed E-state index contributed by atoms with van der Waals surface area (Å²) < 4.78 is 4.77. The Morgan fingerprint density at radius 2 is 2.13 bits per heavy atom. The van der Waals surface area contributed by atoms with Crippen LogP contribution in [0.4, 0.5) is 0 Å². The molecule has 0 saturated carbocycles. The highest BCUT2D eigenvalue weighted by atomic mass is 16.5. The topological polar surface area (TPSA) is 58.6 Å². The first kappa shape index (κ1) is 14.4. The highest BCUT2D eigenvalue weighted by Crippen LogP contribution is 2.02. The van der Waals surface area contributed by atoms with Gasteiger partial charge in [-0.1, -0.05) is 13.8 Å². The highest BCUT2D eigenvalue weighted by Gasteiger charge is 2.06. The van der Waals surface area contributed by atoms with E-state index in [1.54, 1.807) is 6.92 Å². The van der Waals surface area contributed by atoms with E-state index < -0.39 is 0 Å². The first-order valence-electron chi connectivity index (χ1n) is 5.60. The minimum Gasteiger partial charge on any atom is -0.466 e. The number of esters is 1. The smallest absolute Gasteiger partial charge is 0.307 e. The minimum absolute atomic E-state index is 0.191. The summed E-state index contributed by atoms with van der Waals surface area (Å²) in [6, 6.07) is 0. The van der Waals surface area contributed by atoms with Gasteiger partial charge in [0.05, 0.1) is 19.1 Å². The van der Waals surface area contributed by atoms with E-state index in [9.17, 15) is 9.90 Å². The average molecular weight is 217 g/mol. The molecule has 0 aliphatic rings. The van der Waals surface area contributed by atoms with Crippen LogP contribution in [0.1, 0.15) is 33.6 Å². The van der Waals surface area contributed by atoms with Crippen molar-refractivity contribution in [2.24, 2.45) is 5.92 Å². The van der Waals surface area contributed by atoms with Gasteiger partial charge in [-0.05, 0) is 19.3 Å². The molecule has 0 aromatic rings. The third kappa shape index (κ3) is 9.69. The van der Waals surface area contributed by atoms with E-state index in [1.807, 2.05) is 0 Å². The number of carbonyl (C=O) groups is 1. The summed E-state index contributed by atoms with van der Waals surface area (Å²) in [5, 5.41) is 12.5. The van der Waals surface area contributed by atoms with Crippen LogP contribution in [-0.4, -0.2) is 36.9 Å². The molecule has 0 saturated heterocycles. The van der Waals surface area contributed by atoms with Gasteiger partial charge in [-0.25, -0.2) is 0 Å². The fraction of sp³-hybridized carbons (Fsp3) is 0.909. The third-order valence-corrected chi connectivity index (χ3v) is 1.93. The van der Waals surface area contributed by atoms with E-state index in [0.717, 1.165) is 6.42 Å². The van der Waals surface area contributed by atoms with Crippen LogP contribution in [0, 0.1) is 5.92 Å². The number of hydrogen-bond donors (Lipinski definition) is 2. The van der Waals surface area contributed by atoms with Crippen LogP contribution in [0.5, 0.6) is 0 Å². The molecule has 4 heteroatoms. The molecule has 0 rings (SSSR count). The lowest BCUT2D eigenvalue weighted by molar-refractivity contribution is -0.143. The van der Waals surface area contributed by atoms with Crippen LogP contribution in [0.3, 0.4) is 0 Å². The molecule has 1 atom stereocenters. The van der Waals surface area contributed by atoms with E-state index in [1.165, 1.54) is 0 Å². The van der Waals surface area contributed by atoms with Gasteiger partial charge in [-0.3, -0.25) is 4.79 Å². The van der Waals surface area contributed by atoms with Gasteiger partial charge in [0.25, 0.3) is 0 Å². The van der Waals surface area contributed by atoms with Crippen molar-refractivity contribution in [3.63, 3.8) is 0 Å². The van der Waals surface area contributed by atoms with Crippen molar-refractivity contribution in [3.05, 3.63) is 0 Å². The molecule has 15 heavy (non-hydrogen) atoms. The standard InChI is InChI=1S/C11H23NO3/c1-4-15-11(14)5-6-12-8-10(13)7-9(2)3/h9-10,12-13H,4-8H2,1-3H3. The summed E-state index contributed by atoms with van der Waals surface area (Å²) in [7, 11) is 0. The number of nitrogens with one attached hydrogen (secondary N) is 1. The van der Waals surface area contributed by atoms with E-state index >= 15 is 0 Å². The lowest BCUT2D eigenvalue weighted by Crippen LogP contribution is -2.29. The van der Waals surface area contributed by atoms with Crippen molar-refractivity contribution in [2.45, 2.75) is 39.7 Å². The predicted octanol–water partition coefficient (Wildman–Crippen LogP) is 0.936. The van der Waals surface area contributed by atoms with Gasteiger partial charge in [0.2, 0.25) is 0 Å². The molecule has 0 bridgehead atoms. The maximum atomic E-state index is 10.9. The fourth-order valence-electron chi connectivity index (χ4n) is 1.32. The number of rotatable bonds is 8. The number of aliphatic hydroxyl groups is 1. The van der Waals surface area contributed by atoms with Crippen LogP contribution < -0.4 is 5.32 Å². The lowest BCUT2D eigenvalue weighted by Gasteiger charge is -2.13. The SMILES string of the molecule is CCOC(=O)CCNCC(O)CC(C)C. The second kappa shape index (κ2) is 8.68. The highest BCUT2D eigenvalue weighted by molar-refractivity contribution is 5.69. The van der Waals surface area contributed by atoms with Crippen molar-refractivity contribution in [3.8, 4) is 0 Å². The average Bonchev–Trinajstić information content (AvgIpc) is 2.12. The van der Waals surface area contributed by atoms with Crippen LogP contribution in [0.15, 0.2) is 0 Å². The molecule has 90 valence electrons. The first-order valence-corrected chi connectivity index (χ1v) is 5.60. The Bertz CT molecular complexity index is 171. The summed E-state index contributed by atoms with van der Waals surface area (Å²) in [6.07, 6.45) is 0.821. The molecule has 0 spiro atoms. The summed E-state index contributed by atoms with van der Waals surface area (Å²) >= 11 is 0. The van der Waals surface area contributed by atoms with Gasteiger partial charge in [0.15, 0.2) is 0 Å². The summed E-state index contributed by atoms with van der Waals surface area (Å²) in [5.74, 6) is 0.301. The maximum absolute atomic E-state index is 10.9. The van der Waals surface area contributed by atoms with Crippen molar-refractivity contribution >= 4 is 5.97 Å². The maximum Gasteiger partial charge on any atom is 0.307 e. The lowest BCUT2D eigenvalue weighted by atomic mass is 10.1. The molecule has 0 aromatic heterocycles. The van der Waals surface area contributed by atoms with Gasteiger partial charge in [-0.2, -0.15) is 0 Å². The van der Waals surface area contributed by atoms with E-state index in [4.69, 9.17) is 4.74 Å². The zero-order valence-corrected chi connectivity index (χ0v) is 9.95. The van der Waals surface area contributed by atoms with Gasteiger partial charge in [-0.15, -0.1) is 0 Å². The summed E-state index contributed by atoms with van der Waals surface area (Å²) in [5.41, 5.74) is 0. The van der Waals surface area contributed by atoms with Crippen molar-refractivity contribution in [2.75, 3.05) is 19.7 Å². The molecule has 0 aliphatic heterocycles. The molecule has 0 amide bonds. The zero-order chi connectivity index (χ0) is 11.7. The fourth-order valence-corrected chi connectivity index (χ4v) is 1.32. The number of carbonyl (C=O) groups excluding carboxylic acids is 1. The minimum atomic E-state index is -0.327. The Kier molecular flexibility index (Phi) is 8.33. The Morgan fingerprint density at radius 3 is 2.67 bits per heavy atom. The van der Waals surface area contributed by atoms with Crippen LogP contribution in [0.25, 0.3) is 0 Å². The van der Waals surface area contributed by atoms with Gasteiger partial charge in [0.1, 0.15) is 0 Å². The predicted molar refractivity (Wildman–Crippen MR) is 59.6 cm³/mol. The Morgan fingerprint density at radius 1 is 1.47 bits per heavy atom. The normalized spacial score (nSPS) is 12.9. The molecular weight excluding hydrogens is 194 g/mol. The second-order valence-electron chi connectivity index (χ2n) is 4.04. The van der Waals surface area contributed by atoms with E-state index in [-0.39, 0.29) is 12.1 Å². The van der Waals surface area contributed by atoms with Crippen LogP contribution in [0.2, 0.25) is 0 Å². The van der Waals surface area contributed by atoms with E-state index in [0.29, 0.717) is 32.0 Å². The summed E-state index contributed by atoms with van der Waals surface area (Å²) in [6.45, 7) is 7.46. The molecular formula is C11H23NO3. The monoisotopic (exact) mass is 217 g/mol. The molecule has 2 N–H and O–H groups in total.